The van der Waals surface area contributed by atoms with Crippen molar-refractivity contribution in [2.24, 2.45) is 5.73 Å². The van der Waals surface area contributed by atoms with Crippen LogP contribution in [0.3, 0.4) is 0 Å². The van der Waals surface area contributed by atoms with Gasteiger partial charge >= 0.3 is 0 Å². The molecule has 1 aliphatic heterocycles. The van der Waals surface area contributed by atoms with Gasteiger partial charge in [0.1, 0.15) is 5.75 Å². The molecule has 2 aromatic rings. The van der Waals surface area contributed by atoms with E-state index in [0.717, 1.165) is 0 Å². The van der Waals surface area contributed by atoms with Crippen molar-refractivity contribution in [1.29, 1.82) is 0 Å². The molecule has 3 rings (SSSR count). The molecule has 0 unspecified atom stereocenters. The van der Waals surface area contributed by atoms with Crippen LogP contribution in [0.5, 0.6) is 5.75 Å². The smallest absolute Gasteiger partial charge is 0.265 e. The van der Waals surface area contributed by atoms with E-state index < -0.39 is 11.8 Å². The van der Waals surface area contributed by atoms with E-state index in [2.05, 4.69) is 10.6 Å². The number of para-hydroxylation sites is 3. The average Bonchev–Trinajstić information content (AvgIpc) is 2.73. The Bertz CT molecular complexity index is 975. The van der Waals surface area contributed by atoms with Gasteiger partial charge in [-0.25, -0.2) is 0 Å². The quantitative estimate of drug-likeness (QED) is 0.599. The number of benzene rings is 2. The van der Waals surface area contributed by atoms with Crippen molar-refractivity contribution in [3.05, 3.63) is 54.1 Å². The summed E-state index contributed by atoms with van der Waals surface area (Å²) in [7, 11) is 0. The number of primary amides is 1. The predicted molar refractivity (Wildman–Crippen MR) is 110 cm³/mol. The van der Waals surface area contributed by atoms with Crippen LogP contribution in [0.4, 0.5) is 11.4 Å². The highest BCUT2D eigenvalue weighted by molar-refractivity contribution is 6.04. The molecule has 9 nitrogen and oxygen atoms in total. The Morgan fingerprint density at radius 1 is 1.03 bits per heavy atom. The molecule has 156 valence electrons. The van der Waals surface area contributed by atoms with Crippen LogP contribution in [0.25, 0.3) is 0 Å². The van der Waals surface area contributed by atoms with Crippen LogP contribution in [-0.2, 0) is 14.4 Å². The summed E-state index contributed by atoms with van der Waals surface area (Å²) in [5.41, 5.74) is 6.29. The number of hydrogen-bond donors (Lipinski definition) is 3. The Hall–Kier alpha value is -3.88. The van der Waals surface area contributed by atoms with E-state index >= 15 is 0 Å². The largest absolute Gasteiger partial charge is 0.482 e. The Kier molecular flexibility index (Phi) is 6.63. The summed E-state index contributed by atoms with van der Waals surface area (Å²) >= 11 is 0. The molecule has 0 aromatic heterocycles. The summed E-state index contributed by atoms with van der Waals surface area (Å²) in [5.74, 6) is -0.920. The number of carbonyl (C=O) groups excluding carboxylic acids is 4. The third kappa shape index (κ3) is 5.13. The highest BCUT2D eigenvalue weighted by atomic mass is 16.5. The molecule has 0 fully saturated rings. The Morgan fingerprint density at radius 3 is 2.57 bits per heavy atom. The number of anilines is 2. The lowest BCUT2D eigenvalue weighted by Crippen LogP contribution is -2.40. The topological polar surface area (TPSA) is 131 Å². The molecular formula is C21H22N4O5. The number of ether oxygens (including phenoxy) is 1. The molecular weight excluding hydrogens is 388 g/mol. The first-order valence-corrected chi connectivity index (χ1v) is 9.43. The predicted octanol–water partition coefficient (Wildman–Crippen LogP) is 1.05. The standard InChI is InChI=1S/C21H22N4O5/c22-18(26)9-11-23-21(29)14-5-1-2-6-15(14)24-19(27)10-12-25-16-7-3-4-8-17(16)30-13-20(25)28/h1-8H,9-13H2,(H2,22,26)(H,23,29)(H,24,27). The van der Waals surface area contributed by atoms with E-state index in [1.54, 1.807) is 42.5 Å². The van der Waals surface area contributed by atoms with Gasteiger partial charge < -0.3 is 26.0 Å². The second kappa shape index (κ2) is 9.55. The van der Waals surface area contributed by atoms with Gasteiger partial charge in [0.25, 0.3) is 11.8 Å². The van der Waals surface area contributed by atoms with Crippen molar-refractivity contribution in [2.75, 3.05) is 29.9 Å². The summed E-state index contributed by atoms with van der Waals surface area (Å²) < 4.78 is 5.39. The van der Waals surface area contributed by atoms with E-state index in [9.17, 15) is 19.2 Å². The number of nitrogens with zero attached hydrogens (tertiary/aromatic N) is 1. The molecule has 0 spiro atoms. The van der Waals surface area contributed by atoms with Gasteiger partial charge in [-0.2, -0.15) is 0 Å². The SMILES string of the molecule is NC(=O)CCNC(=O)c1ccccc1NC(=O)CCN1C(=O)COc2ccccc21. The molecule has 2 aromatic carbocycles. The average molecular weight is 410 g/mol. The van der Waals surface area contributed by atoms with Gasteiger partial charge in [-0.3, -0.25) is 19.2 Å². The molecule has 1 heterocycles. The molecule has 0 aliphatic carbocycles. The monoisotopic (exact) mass is 410 g/mol. The van der Waals surface area contributed by atoms with Crippen LogP contribution >= 0.6 is 0 Å². The minimum absolute atomic E-state index is 0.0231. The van der Waals surface area contributed by atoms with E-state index in [0.29, 0.717) is 17.1 Å². The van der Waals surface area contributed by atoms with Crippen LogP contribution < -0.4 is 26.0 Å². The van der Waals surface area contributed by atoms with Crippen LogP contribution in [0.2, 0.25) is 0 Å². The van der Waals surface area contributed by atoms with Gasteiger partial charge in [-0.05, 0) is 24.3 Å². The van der Waals surface area contributed by atoms with E-state index in [4.69, 9.17) is 10.5 Å². The minimum atomic E-state index is -0.517. The zero-order chi connectivity index (χ0) is 21.5. The van der Waals surface area contributed by atoms with Crippen molar-refractivity contribution in [3.63, 3.8) is 0 Å². The normalized spacial score (nSPS) is 12.5. The highest BCUT2D eigenvalue weighted by Crippen LogP contribution is 2.31. The van der Waals surface area contributed by atoms with Crippen LogP contribution in [0.1, 0.15) is 23.2 Å². The molecule has 30 heavy (non-hydrogen) atoms. The Morgan fingerprint density at radius 2 is 1.77 bits per heavy atom. The van der Waals surface area contributed by atoms with Crippen molar-refractivity contribution < 1.29 is 23.9 Å². The zero-order valence-electron chi connectivity index (χ0n) is 16.2. The molecule has 0 bridgehead atoms. The lowest BCUT2D eigenvalue weighted by molar-refractivity contribution is -0.121. The molecule has 0 radical (unpaired) electrons. The van der Waals surface area contributed by atoms with Gasteiger partial charge in [0.15, 0.2) is 6.61 Å². The number of hydrogen-bond acceptors (Lipinski definition) is 5. The number of rotatable bonds is 8. The molecule has 1 aliphatic rings. The first-order chi connectivity index (χ1) is 14.5. The third-order valence-electron chi connectivity index (χ3n) is 4.47. The second-order valence-corrected chi connectivity index (χ2v) is 6.62. The summed E-state index contributed by atoms with van der Waals surface area (Å²) in [6.07, 6.45) is 0.0625. The Labute approximate surface area is 173 Å². The summed E-state index contributed by atoms with van der Waals surface area (Å²) in [4.78, 5) is 49.3. The lowest BCUT2D eigenvalue weighted by atomic mass is 10.1. The molecule has 4 N–H and O–H groups in total. The minimum Gasteiger partial charge on any atom is -0.482 e. The van der Waals surface area contributed by atoms with Gasteiger partial charge in [0.2, 0.25) is 11.8 Å². The van der Waals surface area contributed by atoms with E-state index in [1.165, 1.54) is 4.90 Å². The highest BCUT2D eigenvalue weighted by Gasteiger charge is 2.25. The maximum absolute atomic E-state index is 12.5. The fourth-order valence-electron chi connectivity index (χ4n) is 3.01. The van der Waals surface area contributed by atoms with Crippen molar-refractivity contribution in [2.45, 2.75) is 12.8 Å². The maximum atomic E-state index is 12.5. The first-order valence-electron chi connectivity index (χ1n) is 9.43. The van der Waals surface area contributed by atoms with Crippen LogP contribution in [-0.4, -0.2) is 43.3 Å². The lowest BCUT2D eigenvalue weighted by Gasteiger charge is -2.29. The van der Waals surface area contributed by atoms with Crippen molar-refractivity contribution in [3.8, 4) is 5.75 Å². The third-order valence-corrected chi connectivity index (χ3v) is 4.47. The van der Waals surface area contributed by atoms with Gasteiger partial charge in [-0.15, -0.1) is 0 Å². The Balaban J connectivity index is 1.61. The maximum Gasteiger partial charge on any atom is 0.265 e. The summed E-state index contributed by atoms with van der Waals surface area (Å²) in [5, 5.41) is 5.29. The number of amides is 4. The molecule has 9 heteroatoms. The number of carbonyl (C=O) groups is 4. The molecule has 0 saturated carbocycles. The fourth-order valence-corrected chi connectivity index (χ4v) is 3.01. The number of nitrogens with two attached hydrogens (primary N) is 1. The first kappa shape index (κ1) is 20.8. The summed E-state index contributed by atoms with van der Waals surface area (Å²) in [6.45, 7) is 0.208. The number of fused-ring (bicyclic) bond motifs is 1. The summed E-state index contributed by atoms with van der Waals surface area (Å²) in [6, 6.07) is 13.7. The fraction of sp³-hybridized carbons (Fsp3) is 0.238. The van der Waals surface area contributed by atoms with Gasteiger partial charge in [-0.1, -0.05) is 24.3 Å². The van der Waals surface area contributed by atoms with Crippen molar-refractivity contribution in [1.82, 2.24) is 5.32 Å². The zero-order valence-corrected chi connectivity index (χ0v) is 16.2. The van der Waals surface area contributed by atoms with E-state index in [1.807, 2.05) is 6.07 Å². The molecule has 0 saturated heterocycles. The van der Waals surface area contributed by atoms with Gasteiger partial charge in [0, 0.05) is 25.9 Å². The van der Waals surface area contributed by atoms with E-state index in [-0.39, 0.29) is 49.9 Å². The van der Waals surface area contributed by atoms with Crippen molar-refractivity contribution >= 4 is 35.0 Å². The molecule has 0 atom stereocenters. The van der Waals surface area contributed by atoms with Crippen LogP contribution in [0, 0.1) is 0 Å². The van der Waals surface area contributed by atoms with Crippen LogP contribution in [0.15, 0.2) is 48.5 Å². The number of nitrogens with one attached hydrogen (secondary N) is 2. The van der Waals surface area contributed by atoms with Gasteiger partial charge in [0.05, 0.1) is 16.9 Å². The molecule has 4 amide bonds. The second-order valence-electron chi connectivity index (χ2n) is 6.62.